The number of nitrogens with one attached hydrogen (secondary N) is 2. The summed E-state index contributed by atoms with van der Waals surface area (Å²) >= 11 is 0. The quantitative estimate of drug-likeness (QED) is 0.530. The zero-order chi connectivity index (χ0) is 20.3. The van der Waals surface area contributed by atoms with Gasteiger partial charge in [-0.3, -0.25) is 4.79 Å². The number of hydrogen-bond acceptors (Lipinski definition) is 6. The first-order valence-corrected chi connectivity index (χ1v) is 10.1. The van der Waals surface area contributed by atoms with Crippen LogP contribution in [0.25, 0.3) is 16.9 Å². The van der Waals surface area contributed by atoms with Crippen LogP contribution in [0.4, 0.5) is 5.82 Å². The highest BCUT2D eigenvalue weighted by molar-refractivity contribution is 5.79. The van der Waals surface area contributed by atoms with Crippen molar-refractivity contribution in [2.45, 2.75) is 19.4 Å². The fourth-order valence-electron chi connectivity index (χ4n) is 3.79. The molecule has 3 aromatic heterocycles. The molecule has 0 radical (unpaired) electrons. The van der Waals surface area contributed by atoms with Gasteiger partial charge in [-0.15, -0.1) is 10.2 Å². The summed E-state index contributed by atoms with van der Waals surface area (Å²) in [6, 6.07) is 13.6. The molecule has 9 nitrogen and oxygen atoms in total. The third-order valence-electron chi connectivity index (χ3n) is 5.43. The standard InChI is InChI=1S/C21H22N8O/c30-21(22-14-18-24-16-4-1-2-5-17(16)25-18)15-8-12-28(13-9-15)19-6-7-20(27-26-19)29-11-3-10-23-29/h1-7,10-11,15H,8-9,12-14H2,(H,22,30)(H,24,25). The number of anilines is 1. The minimum absolute atomic E-state index is 0.00179. The molecule has 0 aliphatic carbocycles. The Labute approximate surface area is 173 Å². The largest absolute Gasteiger partial charge is 0.355 e. The number of piperidine rings is 1. The van der Waals surface area contributed by atoms with Crippen molar-refractivity contribution < 1.29 is 4.79 Å². The first-order valence-electron chi connectivity index (χ1n) is 10.1. The molecule has 0 saturated carbocycles. The number of amides is 1. The minimum Gasteiger partial charge on any atom is -0.355 e. The number of nitrogens with zero attached hydrogens (tertiary/aromatic N) is 6. The van der Waals surface area contributed by atoms with E-state index in [0.717, 1.165) is 48.6 Å². The molecule has 1 saturated heterocycles. The lowest BCUT2D eigenvalue weighted by Gasteiger charge is -2.31. The summed E-state index contributed by atoms with van der Waals surface area (Å²) in [4.78, 5) is 22.5. The Kier molecular flexibility index (Phi) is 4.84. The number of aromatic amines is 1. The van der Waals surface area contributed by atoms with E-state index in [4.69, 9.17) is 0 Å². The number of rotatable bonds is 5. The number of benzene rings is 1. The van der Waals surface area contributed by atoms with Crippen LogP contribution < -0.4 is 10.2 Å². The maximum atomic E-state index is 12.6. The lowest BCUT2D eigenvalue weighted by Crippen LogP contribution is -2.40. The van der Waals surface area contributed by atoms with E-state index in [1.807, 2.05) is 48.7 Å². The highest BCUT2D eigenvalue weighted by Gasteiger charge is 2.25. The molecule has 1 aliphatic heterocycles. The maximum absolute atomic E-state index is 12.6. The first kappa shape index (κ1) is 18.3. The summed E-state index contributed by atoms with van der Waals surface area (Å²) in [5.74, 6) is 2.36. The summed E-state index contributed by atoms with van der Waals surface area (Å²) in [5, 5.41) is 15.8. The van der Waals surface area contributed by atoms with E-state index in [0.29, 0.717) is 12.4 Å². The summed E-state index contributed by atoms with van der Waals surface area (Å²) in [6.45, 7) is 1.96. The number of aromatic nitrogens is 6. The van der Waals surface area contributed by atoms with Gasteiger partial charge in [0.1, 0.15) is 5.82 Å². The van der Waals surface area contributed by atoms with Gasteiger partial charge in [0.2, 0.25) is 5.91 Å². The number of carbonyl (C=O) groups is 1. The van der Waals surface area contributed by atoms with Crippen LogP contribution in [-0.4, -0.2) is 48.9 Å². The van der Waals surface area contributed by atoms with Gasteiger partial charge in [-0.1, -0.05) is 12.1 Å². The van der Waals surface area contributed by atoms with Gasteiger partial charge >= 0.3 is 0 Å². The van der Waals surface area contributed by atoms with Gasteiger partial charge in [0.05, 0.1) is 17.6 Å². The number of carbonyl (C=O) groups excluding carboxylic acids is 1. The van der Waals surface area contributed by atoms with Gasteiger partial charge in [-0.25, -0.2) is 9.67 Å². The fraction of sp³-hybridized carbons (Fsp3) is 0.286. The van der Waals surface area contributed by atoms with Gasteiger partial charge in [0, 0.05) is 31.4 Å². The molecule has 1 amide bonds. The van der Waals surface area contributed by atoms with Crippen LogP contribution in [0.2, 0.25) is 0 Å². The second kappa shape index (κ2) is 7.94. The van der Waals surface area contributed by atoms with Crippen molar-refractivity contribution in [1.82, 2.24) is 35.3 Å². The Morgan fingerprint density at radius 1 is 1.07 bits per heavy atom. The van der Waals surface area contributed by atoms with Crippen LogP contribution in [0, 0.1) is 5.92 Å². The van der Waals surface area contributed by atoms with Gasteiger partial charge in [-0.2, -0.15) is 5.10 Å². The predicted molar refractivity (Wildman–Crippen MR) is 112 cm³/mol. The molecule has 0 spiro atoms. The highest BCUT2D eigenvalue weighted by Crippen LogP contribution is 2.22. The summed E-state index contributed by atoms with van der Waals surface area (Å²) in [6.07, 6.45) is 5.11. The SMILES string of the molecule is O=C(NCc1nc2ccccc2[nH]1)C1CCN(c2ccc(-n3cccn3)nn2)CC1. The molecule has 9 heteroatoms. The molecule has 30 heavy (non-hydrogen) atoms. The molecule has 0 atom stereocenters. The second-order valence-corrected chi connectivity index (χ2v) is 7.38. The normalized spacial score (nSPS) is 14.9. The second-order valence-electron chi connectivity index (χ2n) is 7.38. The fourth-order valence-corrected chi connectivity index (χ4v) is 3.79. The maximum Gasteiger partial charge on any atom is 0.223 e. The highest BCUT2D eigenvalue weighted by atomic mass is 16.1. The molecule has 0 bridgehead atoms. The summed E-state index contributed by atoms with van der Waals surface area (Å²) in [7, 11) is 0. The average molecular weight is 402 g/mol. The summed E-state index contributed by atoms with van der Waals surface area (Å²) in [5.41, 5.74) is 1.89. The van der Waals surface area contributed by atoms with Crippen LogP contribution in [0.3, 0.4) is 0 Å². The Morgan fingerprint density at radius 2 is 1.87 bits per heavy atom. The van der Waals surface area contributed by atoms with Crippen LogP contribution in [-0.2, 0) is 11.3 Å². The predicted octanol–water partition coefficient (Wildman–Crippen LogP) is 2.07. The van der Waals surface area contributed by atoms with E-state index >= 15 is 0 Å². The van der Waals surface area contributed by atoms with Crippen molar-refractivity contribution in [3.63, 3.8) is 0 Å². The number of hydrogen-bond donors (Lipinski definition) is 2. The minimum atomic E-state index is 0.00179. The van der Waals surface area contributed by atoms with Gasteiger partial charge < -0.3 is 15.2 Å². The third-order valence-corrected chi connectivity index (χ3v) is 5.43. The van der Waals surface area contributed by atoms with Gasteiger partial charge in [-0.05, 0) is 43.2 Å². The van der Waals surface area contributed by atoms with Crippen molar-refractivity contribution in [2.75, 3.05) is 18.0 Å². The van der Waals surface area contributed by atoms with Crippen LogP contribution in [0.1, 0.15) is 18.7 Å². The number of fused-ring (bicyclic) bond motifs is 1. The third kappa shape index (κ3) is 3.73. The summed E-state index contributed by atoms with van der Waals surface area (Å²) < 4.78 is 1.68. The molecule has 2 N–H and O–H groups in total. The van der Waals surface area contributed by atoms with Crippen LogP contribution >= 0.6 is 0 Å². The van der Waals surface area contributed by atoms with Gasteiger partial charge in [0.15, 0.2) is 11.6 Å². The van der Waals surface area contributed by atoms with E-state index in [9.17, 15) is 4.79 Å². The van der Waals surface area contributed by atoms with E-state index in [1.165, 1.54) is 0 Å². The molecule has 0 unspecified atom stereocenters. The van der Waals surface area contributed by atoms with E-state index < -0.39 is 0 Å². The molecule has 152 valence electrons. The number of H-pyrrole nitrogens is 1. The van der Waals surface area contributed by atoms with Crippen molar-refractivity contribution in [3.8, 4) is 5.82 Å². The zero-order valence-electron chi connectivity index (χ0n) is 16.4. The van der Waals surface area contributed by atoms with Crippen LogP contribution in [0.5, 0.6) is 0 Å². The lowest BCUT2D eigenvalue weighted by atomic mass is 9.96. The number of para-hydroxylation sites is 2. The Morgan fingerprint density at radius 3 is 2.60 bits per heavy atom. The molecule has 4 aromatic rings. The smallest absolute Gasteiger partial charge is 0.223 e. The molecule has 1 fully saturated rings. The zero-order valence-corrected chi connectivity index (χ0v) is 16.4. The van der Waals surface area contributed by atoms with E-state index in [-0.39, 0.29) is 11.8 Å². The monoisotopic (exact) mass is 402 g/mol. The number of imidazole rings is 1. The topological polar surface area (TPSA) is 105 Å². The van der Waals surface area contributed by atoms with Gasteiger partial charge in [0.25, 0.3) is 0 Å². The Bertz CT molecular complexity index is 1090. The molecular formula is C21H22N8O. The molecule has 1 aliphatic rings. The molecule has 5 rings (SSSR count). The molecule has 4 heterocycles. The lowest BCUT2D eigenvalue weighted by molar-refractivity contribution is -0.125. The van der Waals surface area contributed by atoms with Crippen molar-refractivity contribution in [1.29, 1.82) is 0 Å². The van der Waals surface area contributed by atoms with E-state index in [1.54, 1.807) is 10.9 Å². The Balaban J connectivity index is 1.14. The molecule has 1 aromatic carbocycles. The van der Waals surface area contributed by atoms with Crippen molar-refractivity contribution in [2.24, 2.45) is 5.92 Å². The molecular weight excluding hydrogens is 380 g/mol. The Hall–Kier alpha value is -3.75. The van der Waals surface area contributed by atoms with E-state index in [2.05, 4.69) is 35.5 Å². The average Bonchev–Trinajstić information content (AvgIpc) is 3.47. The van der Waals surface area contributed by atoms with Crippen molar-refractivity contribution in [3.05, 3.63) is 60.7 Å². The first-order chi connectivity index (χ1) is 14.8. The van der Waals surface area contributed by atoms with Crippen molar-refractivity contribution >= 4 is 22.8 Å². The van der Waals surface area contributed by atoms with Crippen LogP contribution in [0.15, 0.2) is 54.9 Å².